The van der Waals surface area contributed by atoms with E-state index in [1.807, 2.05) is 13.1 Å². The van der Waals surface area contributed by atoms with Crippen molar-refractivity contribution in [2.75, 3.05) is 7.05 Å². The van der Waals surface area contributed by atoms with Crippen molar-refractivity contribution in [2.45, 2.75) is 18.4 Å². The maximum absolute atomic E-state index is 5.78. The van der Waals surface area contributed by atoms with Crippen LogP contribution in [0.4, 0.5) is 0 Å². The van der Waals surface area contributed by atoms with Crippen molar-refractivity contribution in [1.29, 1.82) is 0 Å². The molecule has 0 saturated heterocycles. The second-order valence-electron chi connectivity index (χ2n) is 3.94. The molecule has 0 radical (unpaired) electrons. The first-order chi connectivity index (χ1) is 8.67. The number of halogens is 1. The molecular formula is C13H14ClN3S. The van der Waals surface area contributed by atoms with Crippen LogP contribution in [0.25, 0.3) is 0 Å². The molecule has 0 saturated carbocycles. The summed E-state index contributed by atoms with van der Waals surface area (Å²) in [5, 5.41) is 4.32. The third kappa shape index (κ3) is 3.62. The van der Waals surface area contributed by atoms with Crippen LogP contribution in [-0.2, 0) is 0 Å². The lowest BCUT2D eigenvalue weighted by Crippen LogP contribution is -2.04. The number of thioether (sulfide) groups is 1. The molecule has 1 aliphatic carbocycles. The van der Waals surface area contributed by atoms with Crippen LogP contribution in [0.2, 0.25) is 5.28 Å². The molecule has 0 unspecified atom stereocenters. The van der Waals surface area contributed by atoms with Gasteiger partial charge in [0, 0.05) is 30.3 Å². The highest BCUT2D eigenvalue weighted by Crippen LogP contribution is 2.29. The second-order valence-corrected chi connectivity index (χ2v) is 5.38. The first kappa shape index (κ1) is 13.2. The van der Waals surface area contributed by atoms with E-state index in [1.54, 1.807) is 18.0 Å². The van der Waals surface area contributed by atoms with Gasteiger partial charge in [-0.15, -0.1) is 0 Å². The Morgan fingerprint density at radius 2 is 2.22 bits per heavy atom. The van der Waals surface area contributed by atoms with Gasteiger partial charge in [0.05, 0.1) is 0 Å². The molecule has 5 heteroatoms. The SMILES string of the molecule is CNC1=CC=C(Sc2ccnc(Cl)n2)C=C(C)C1. The molecule has 1 aromatic rings. The number of aromatic nitrogens is 2. The van der Waals surface area contributed by atoms with Crippen LogP contribution in [0.15, 0.2) is 51.7 Å². The van der Waals surface area contributed by atoms with Crippen molar-refractivity contribution in [3.63, 3.8) is 0 Å². The molecule has 0 aliphatic heterocycles. The van der Waals surface area contributed by atoms with Gasteiger partial charge in [0.1, 0.15) is 5.03 Å². The fourth-order valence-electron chi connectivity index (χ4n) is 1.62. The van der Waals surface area contributed by atoms with Gasteiger partial charge in [-0.1, -0.05) is 17.3 Å². The van der Waals surface area contributed by atoms with Gasteiger partial charge in [-0.05, 0) is 42.8 Å². The van der Waals surface area contributed by atoms with E-state index in [9.17, 15) is 0 Å². The van der Waals surface area contributed by atoms with E-state index in [2.05, 4.69) is 40.4 Å². The first-order valence-electron chi connectivity index (χ1n) is 5.59. The first-order valence-corrected chi connectivity index (χ1v) is 6.79. The molecular weight excluding hydrogens is 266 g/mol. The summed E-state index contributed by atoms with van der Waals surface area (Å²) in [6.07, 6.45) is 8.96. The summed E-state index contributed by atoms with van der Waals surface area (Å²) in [5.41, 5.74) is 2.52. The lowest BCUT2D eigenvalue weighted by atomic mass is 10.2. The van der Waals surface area contributed by atoms with Gasteiger partial charge < -0.3 is 5.32 Å². The van der Waals surface area contributed by atoms with E-state index in [-0.39, 0.29) is 5.28 Å². The van der Waals surface area contributed by atoms with Crippen LogP contribution in [-0.4, -0.2) is 17.0 Å². The fraction of sp³-hybridized carbons (Fsp3) is 0.231. The zero-order valence-corrected chi connectivity index (χ0v) is 11.8. The van der Waals surface area contributed by atoms with Crippen LogP contribution < -0.4 is 5.32 Å². The summed E-state index contributed by atoms with van der Waals surface area (Å²) in [5.74, 6) is 0. The highest BCUT2D eigenvalue weighted by molar-refractivity contribution is 8.03. The third-order valence-corrected chi connectivity index (χ3v) is 3.56. The number of nitrogens with zero attached hydrogens (tertiary/aromatic N) is 2. The van der Waals surface area contributed by atoms with Crippen molar-refractivity contribution in [1.82, 2.24) is 15.3 Å². The molecule has 0 spiro atoms. The van der Waals surface area contributed by atoms with Crippen molar-refractivity contribution in [3.05, 3.63) is 52.0 Å². The van der Waals surface area contributed by atoms with Crippen molar-refractivity contribution in [2.24, 2.45) is 0 Å². The molecule has 0 fully saturated rings. The molecule has 0 amide bonds. The minimum Gasteiger partial charge on any atom is -0.391 e. The largest absolute Gasteiger partial charge is 0.391 e. The molecule has 1 aromatic heterocycles. The number of hydrogen-bond acceptors (Lipinski definition) is 4. The van der Waals surface area contributed by atoms with Gasteiger partial charge in [-0.2, -0.15) is 0 Å². The molecule has 3 nitrogen and oxygen atoms in total. The molecule has 18 heavy (non-hydrogen) atoms. The molecule has 1 heterocycles. The quantitative estimate of drug-likeness (QED) is 0.678. The Bertz CT molecular complexity index is 535. The monoisotopic (exact) mass is 279 g/mol. The number of rotatable bonds is 3. The number of hydrogen-bond donors (Lipinski definition) is 1. The van der Waals surface area contributed by atoms with Crippen LogP contribution >= 0.6 is 23.4 Å². The van der Waals surface area contributed by atoms with Crippen molar-refractivity contribution < 1.29 is 0 Å². The van der Waals surface area contributed by atoms with Gasteiger partial charge in [0.25, 0.3) is 0 Å². The Morgan fingerprint density at radius 3 is 2.94 bits per heavy atom. The topological polar surface area (TPSA) is 37.8 Å². The lowest BCUT2D eigenvalue weighted by molar-refractivity contribution is 0.915. The molecule has 0 aromatic carbocycles. The molecule has 0 bridgehead atoms. The van der Waals surface area contributed by atoms with Gasteiger partial charge in [0.15, 0.2) is 0 Å². The smallest absolute Gasteiger partial charge is 0.223 e. The summed E-state index contributed by atoms with van der Waals surface area (Å²) < 4.78 is 0. The van der Waals surface area contributed by atoms with Crippen LogP contribution in [0.1, 0.15) is 13.3 Å². The zero-order valence-electron chi connectivity index (χ0n) is 10.3. The summed E-state index contributed by atoms with van der Waals surface area (Å²) in [6, 6.07) is 1.86. The Balaban J connectivity index is 2.20. The van der Waals surface area contributed by atoms with Gasteiger partial charge in [-0.3, -0.25) is 0 Å². The minimum atomic E-state index is 0.279. The van der Waals surface area contributed by atoms with E-state index in [0.29, 0.717) is 0 Å². The third-order valence-electron chi connectivity index (χ3n) is 2.45. The summed E-state index contributed by atoms with van der Waals surface area (Å²) >= 11 is 7.36. The fourth-order valence-corrected chi connectivity index (χ4v) is 2.71. The Labute approximate surface area is 116 Å². The Kier molecular flexibility index (Phi) is 4.44. The molecule has 2 rings (SSSR count). The van der Waals surface area contributed by atoms with Crippen LogP contribution in [0, 0.1) is 0 Å². The predicted molar refractivity (Wildman–Crippen MR) is 76.5 cm³/mol. The second kappa shape index (κ2) is 6.07. The standard InChI is InChI=1S/C13H14ClN3S/c1-9-7-10(15-2)3-4-11(8-9)18-12-5-6-16-13(14)17-12/h3-6,8,15H,7H2,1-2H3. The summed E-state index contributed by atoms with van der Waals surface area (Å²) in [4.78, 5) is 9.19. The average molecular weight is 280 g/mol. The highest BCUT2D eigenvalue weighted by atomic mass is 35.5. The molecule has 94 valence electrons. The van der Waals surface area contributed by atoms with Crippen molar-refractivity contribution >= 4 is 23.4 Å². The van der Waals surface area contributed by atoms with Crippen LogP contribution in [0.5, 0.6) is 0 Å². The zero-order chi connectivity index (χ0) is 13.0. The van der Waals surface area contributed by atoms with Gasteiger partial charge >= 0.3 is 0 Å². The van der Waals surface area contributed by atoms with E-state index in [0.717, 1.165) is 16.4 Å². The minimum absolute atomic E-state index is 0.279. The Hall–Kier alpha value is -1.26. The highest BCUT2D eigenvalue weighted by Gasteiger charge is 2.05. The molecule has 1 aliphatic rings. The maximum Gasteiger partial charge on any atom is 0.223 e. The van der Waals surface area contributed by atoms with Crippen LogP contribution in [0.3, 0.4) is 0 Å². The van der Waals surface area contributed by atoms with E-state index in [1.165, 1.54) is 11.3 Å². The number of nitrogens with one attached hydrogen (secondary N) is 1. The molecule has 1 N–H and O–H groups in total. The maximum atomic E-state index is 5.78. The normalized spacial score (nSPS) is 15.4. The van der Waals surface area contributed by atoms with E-state index < -0.39 is 0 Å². The average Bonchev–Trinajstić information content (AvgIpc) is 2.50. The van der Waals surface area contributed by atoms with E-state index in [4.69, 9.17) is 11.6 Å². The molecule has 0 atom stereocenters. The van der Waals surface area contributed by atoms with Gasteiger partial charge in [-0.25, -0.2) is 9.97 Å². The van der Waals surface area contributed by atoms with E-state index >= 15 is 0 Å². The Morgan fingerprint density at radius 1 is 1.39 bits per heavy atom. The van der Waals surface area contributed by atoms with Gasteiger partial charge in [0.2, 0.25) is 5.28 Å². The predicted octanol–water partition coefficient (Wildman–Crippen LogP) is 3.56. The number of allylic oxidation sites excluding steroid dienone is 4. The lowest BCUT2D eigenvalue weighted by Gasteiger charge is -2.04. The van der Waals surface area contributed by atoms with Crippen molar-refractivity contribution in [3.8, 4) is 0 Å². The summed E-state index contributed by atoms with van der Waals surface area (Å²) in [7, 11) is 1.94. The summed E-state index contributed by atoms with van der Waals surface area (Å²) in [6.45, 7) is 2.12.